The third-order valence-electron chi connectivity index (χ3n) is 4.23. The maximum atomic E-state index is 12.0. The van der Waals surface area contributed by atoms with Gasteiger partial charge in [0.05, 0.1) is 12.1 Å². The Bertz CT molecular complexity index is 605. The zero-order valence-corrected chi connectivity index (χ0v) is 14.1. The Morgan fingerprint density at radius 3 is 2.91 bits per heavy atom. The molecule has 23 heavy (non-hydrogen) atoms. The smallest absolute Gasteiger partial charge is 0.229 e. The number of hydrogen-bond donors (Lipinski definition) is 2. The molecule has 1 aromatic heterocycles. The molecule has 0 aliphatic heterocycles. The van der Waals surface area contributed by atoms with Crippen LogP contribution in [0.5, 0.6) is 0 Å². The fourth-order valence-electron chi connectivity index (χ4n) is 2.72. The molecule has 2 N–H and O–H groups in total. The molecule has 1 fully saturated rings. The number of rotatable bonds is 7. The van der Waals surface area contributed by atoms with Gasteiger partial charge in [0.2, 0.25) is 11.8 Å². The summed E-state index contributed by atoms with van der Waals surface area (Å²) in [7, 11) is 0. The maximum Gasteiger partial charge on any atom is 0.229 e. The Morgan fingerprint density at radius 2 is 2.17 bits per heavy atom. The van der Waals surface area contributed by atoms with Crippen molar-refractivity contribution in [3.05, 3.63) is 22.7 Å². The van der Waals surface area contributed by atoms with Crippen LogP contribution in [0, 0.1) is 5.92 Å². The van der Waals surface area contributed by atoms with E-state index in [9.17, 15) is 9.59 Å². The lowest BCUT2D eigenvalue weighted by Crippen LogP contribution is -2.26. The zero-order valence-electron chi connectivity index (χ0n) is 13.3. The van der Waals surface area contributed by atoms with E-state index < -0.39 is 0 Å². The molecule has 3 rings (SSSR count). The first-order chi connectivity index (χ1) is 11.2. The summed E-state index contributed by atoms with van der Waals surface area (Å²) >= 11 is 1.38. The number of allylic oxidation sites excluding steroid dienone is 1. The fraction of sp³-hybridized carbons (Fsp3) is 0.588. The molecule has 0 unspecified atom stereocenters. The number of hydrogen-bond acceptors (Lipinski definition) is 4. The molecule has 2 amide bonds. The predicted octanol–water partition coefficient (Wildman–Crippen LogP) is 3.04. The Morgan fingerprint density at radius 1 is 1.30 bits per heavy atom. The maximum absolute atomic E-state index is 12.0. The van der Waals surface area contributed by atoms with E-state index in [-0.39, 0.29) is 24.2 Å². The van der Waals surface area contributed by atoms with Gasteiger partial charge < -0.3 is 10.6 Å². The van der Waals surface area contributed by atoms with Crippen LogP contribution >= 0.6 is 11.3 Å². The summed E-state index contributed by atoms with van der Waals surface area (Å²) in [6, 6.07) is 0. The second kappa shape index (κ2) is 7.73. The van der Waals surface area contributed by atoms with Crippen LogP contribution in [0.3, 0.4) is 0 Å². The Hall–Kier alpha value is -1.69. The number of amides is 2. The van der Waals surface area contributed by atoms with E-state index in [1.165, 1.54) is 42.6 Å². The molecule has 0 radical (unpaired) electrons. The molecule has 0 spiro atoms. The highest BCUT2D eigenvalue weighted by atomic mass is 32.1. The van der Waals surface area contributed by atoms with Gasteiger partial charge in [0.15, 0.2) is 5.13 Å². The van der Waals surface area contributed by atoms with E-state index in [1.54, 1.807) is 0 Å². The average Bonchev–Trinajstić information content (AvgIpc) is 3.31. The van der Waals surface area contributed by atoms with Crippen molar-refractivity contribution < 1.29 is 9.59 Å². The van der Waals surface area contributed by atoms with Crippen molar-refractivity contribution in [1.82, 2.24) is 10.3 Å². The first kappa shape index (κ1) is 16.2. The lowest BCUT2D eigenvalue weighted by Gasteiger charge is -2.12. The standard InChI is InChI=1S/C17H23N3O2S/c21-15(18-9-8-12-4-2-1-3-5-12)10-14-11-23-17(19-14)20-16(22)13-6-7-13/h4,11,13H,1-3,5-10H2,(H,18,21)(H,19,20,22). The van der Waals surface area contributed by atoms with Gasteiger partial charge in [-0.05, 0) is 44.9 Å². The van der Waals surface area contributed by atoms with E-state index in [0.29, 0.717) is 11.7 Å². The lowest BCUT2D eigenvalue weighted by molar-refractivity contribution is -0.120. The molecule has 5 nitrogen and oxygen atoms in total. The summed E-state index contributed by atoms with van der Waals surface area (Å²) in [5.74, 6) is 0.211. The van der Waals surface area contributed by atoms with Crippen molar-refractivity contribution in [2.75, 3.05) is 11.9 Å². The molecule has 2 aliphatic carbocycles. The highest BCUT2D eigenvalue weighted by Gasteiger charge is 2.30. The lowest BCUT2D eigenvalue weighted by atomic mass is 9.97. The second-order valence-electron chi connectivity index (χ2n) is 6.29. The summed E-state index contributed by atoms with van der Waals surface area (Å²) in [4.78, 5) is 27.9. The van der Waals surface area contributed by atoms with Crippen molar-refractivity contribution in [1.29, 1.82) is 0 Å². The molecule has 1 saturated carbocycles. The molecule has 6 heteroatoms. The molecule has 0 atom stereocenters. The van der Waals surface area contributed by atoms with Crippen LogP contribution in [0.25, 0.3) is 0 Å². The molecule has 1 aromatic rings. The van der Waals surface area contributed by atoms with E-state index in [4.69, 9.17) is 0 Å². The SMILES string of the molecule is O=C(Cc1csc(NC(=O)C2CC2)n1)NCCC1=CCCCC1. The third kappa shape index (κ3) is 5.16. The van der Waals surface area contributed by atoms with E-state index in [1.807, 2.05) is 5.38 Å². The predicted molar refractivity (Wildman–Crippen MR) is 91.3 cm³/mol. The topological polar surface area (TPSA) is 71.1 Å². The summed E-state index contributed by atoms with van der Waals surface area (Å²) in [5.41, 5.74) is 2.19. The van der Waals surface area contributed by atoms with Crippen molar-refractivity contribution >= 4 is 28.3 Å². The minimum atomic E-state index is -0.00761. The van der Waals surface area contributed by atoms with Crippen LogP contribution in [0.4, 0.5) is 5.13 Å². The largest absolute Gasteiger partial charge is 0.355 e. The highest BCUT2D eigenvalue weighted by molar-refractivity contribution is 7.13. The van der Waals surface area contributed by atoms with E-state index in [0.717, 1.165) is 25.0 Å². The Kier molecular flexibility index (Phi) is 5.43. The van der Waals surface area contributed by atoms with Gasteiger partial charge in [0.1, 0.15) is 0 Å². The van der Waals surface area contributed by atoms with E-state index >= 15 is 0 Å². The quantitative estimate of drug-likeness (QED) is 0.753. The molecule has 1 heterocycles. The third-order valence-corrected chi connectivity index (χ3v) is 5.03. The van der Waals surface area contributed by atoms with Crippen molar-refractivity contribution in [2.24, 2.45) is 5.92 Å². The van der Waals surface area contributed by atoms with Crippen LogP contribution in [-0.2, 0) is 16.0 Å². The normalized spacial score (nSPS) is 17.5. The fourth-order valence-corrected chi connectivity index (χ4v) is 3.43. The van der Waals surface area contributed by atoms with Gasteiger partial charge in [0.25, 0.3) is 0 Å². The number of aromatic nitrogens is 1. The number of thiazole rings is 1. The van der Waals surface area contributed by atoms with Gasteiger partial charge in [-0.25, -0.2) is 4.98 Å². The molecule has 0 saturated heterocycles. The molecule has 124 valence electrons. The van der Waals surface area contributed by atoms with Crippen LogP contribution in [0.1, 0.15) is 50.6 Å². The summed E-state index contributed by atoms with van der Waals surface area (Å²) in [5, 5.41) is 8.20. The van der Waals surface area contributed by atoms with Crippen molar-refractivity contribution in [3.63, 3.8) is 0 Å². The Balaban J connectivity index is 1.38. The second-order valence-corrected chi connectivity index (χ2v) is 7.15. The van der Waals surface area contributed by atoms with Crippen LogP contribution in [0.15, 0.2) is 17.0 Å². The average molecular weight is 333 g/mol. The molecular weight excluding hydrogens is 310 g/mol. The molecule has 2 aliphatic rings. The molecular formula is C17H23N3O2S. The number of carbonyl (C=O) groups excluding carboxylic acids is 2. The molecule has 0 bridgehead atoms. The summed E-state index contributed by atoms with van der Waals surface area (Å²) < 4.78 is 0. The van der Waals surface area contributed by atoms with Gasteiger partial charge in [-0.2, -0.15) is 0 Å². The van der Waals surface area contributed by atoms with Gasteiger partial charge in [-0.1, -0.05) is 11.6 Å². The zero-order chi connectivity index (χ0) is 16.1. The first-order valence-electron chi connectivity index (χ1n) is 8.40. The first-order valence-corrected chi connectivity index (χ1v) is 9.28. The van der Waals surface area contributed by atoms with Gasteiger partial charge in [-0.15, -0.1) is 11.3 Å². The van der Waals surface area contributed by atoms with Crippen LogP contribution < -0.4 is 10.6 Å². The van der Waals surface area contributed by atoms with Gasteiger partial charge in [0, 0.05) is 17.8 Å². The number of nitrogens with zero attached hydrogens (tertiary/aromatic N) is 1. The van der Waals surface area contributed by atoms with Crippen molar-refractivity contribution in [2.45, 2.75) is 51.4 Å². The minimum absolute atomic E-state index is 0.00761. The number of carbonyl (C=O) groups is 2. The number of nitrogens with one attached hydrogen (secondary N) is 2. The summed E-state index contributed by atoms with van der Waals surface area (Å²) in [6.45, 7) is 0.695. The molecule has 0 aromatic carbocycles. The monoisotopic (exact) mass is 333 g/mol. The summed E-state index contributed by atoms with van der Waals surface area (Å²) in [6.07, 6.45) is 10.4. The van der Waals surface area contributed by atoms with Crippen molar-refractivity contribution in [3.8, 4) is 0 Å². The van der Waals surface area contributed by atoms with Gasteiger partial charge in [-0.3, -0.25) is 9.59 Å². The number of anilines is 1. The van der Waals surface area contributed by atoms with E-state index in [2.05, 4.69) is 21.7 Å². The van der Waals surface area contributed by atoms with Gasteiger partial charge >= 0.3 is 0 Å². The van der Waals surface area contributed by atoms with Crippen LogP contribution in [0.2, 0.25) is 0 Å². The van der Waals surface area contributed by atoms with Crippen LogP contribution in [-0.4, -0.2) is 23.3 Å². The minimum Gasteiger partial charge on any atom is -0.355 e. The highest BCUT2D eigenvalue weighted by Crippen LogP contribution is 2.30. The Labute approximate surface area is 140 Å².